The Bertz CT molecular complexity index is 636. The maximum absolute atomic E-state index is 12.4. The van der Waals surface area contributed by atoms with Crippen molar-refractivity contribution in [2.45, 2.75) is 39.5 Å². The summed E-state index contributed by atoms with van der Waals surface area (Å²) in [5.41, 5.74) is 0.701. The maximum atomic E-state index is 12.4. The van der Waals surface area contributed by atoms with Crippen LogP contribution in [0.1, 0.15) is 49.9 Å². The van der Waals surface area contributed by atoms with E-state index in [4.69, 9.17) is 0 Å². The number of carbonyl (C=O) groups excluding carboxylic acids is 3. The quantitative estimate of drug-likeness (QED) is 0.579. The number of rotatable bonds is 10. The second kappa shape index (κ2) is 11.6. The number of carbonyl (C=O) groups is 3. The lowest BCUT2D eigenvalue weighted by Crippen LogP contribution is -2.51. The van der Waals surface area contributed by atoms with Crippen LogP contribution in [0.15, 0.2) is 30.3 Å². The van der Waals surface area contributed by atoms with Gasteiger partial charge in [0.05, 0.1) is 0 Å². The van der Waals surface area contributed by atoms with E-state index >= 15 is 0 Å². The molecule has 1 fully saturated rings. The highest BCUT2D eigenvalue weighted by molar-refractivity contribution is 5.96. The fourth-order valence-electron chi connectivity index (χ4n) is 3.48. The molecular weight excluding hydrogens is 354 g/mol. The monoisotopic (exact) mass is 387 g/mol. The summed E-state index contributed by atoms with van der Waals surface area (Å²) in [6.07, 6.45) is 1.88. The van der Waals surface area contributed by atoms with Crippen LogP contribution in [-0.4, -0.2) is 78.1 Å². The van der Waals surface area contributed by atoms with E-state index in [2.05, 4.69) is 18.7 Å². The number of hydrogen-bond donors (Lipinski definition) is 0. The molecule has 0 aromatic heterocycles. The third kappa shape index (κ3) is 6.75. The van der Waals surface area contributed by atoms with Gasteiger partial charge in [0.15, 0.2) is 5.78 Å². The van der Waals surface area contributed by atoms with E-state index in [0.717, 1.165) is 19.6 Å². The van der Waals surface area contributed by atoms with E-state index in [1.165, 1.54) is 0 Å². The molecule has 0 radical (unpaired) electrons. The van der Waals surface area contributed by atoms with Gasteiger partial charge in [-0.2, -0.15) is 0 Å². The standard InChI is InChI=1S/C22H33N3O3/c1-3-23(4-2)14-13-22(28)25-17-15-24(16-18-25)21(27)12-8-11-20(26)19-9-6-5-7-10-19/h5-7,9-10H,3-4,8,11-18H2,1-2H3. The molecule has 0 atom stereocenters. The zero-order chi connectivity index (χ0) is 20.4. The lowest BCUT2D eigenvalue weighted by molar-refractivity contribution is -0.139. The Morgan fingerprint density at radius 3 is 1.89 bits per heavy atom. The molecule has 1 aromatic rings. The van der Waals surface area contributed by atoms with Gasteiger partial charge in [-0.15, -0.1) is 0 Å². The van der Waals surface area contributed by atoms with Crippen molar-refractivity contribution in [3.8, 4) is 0 Å². The van der Waals surface area contributed by atoms with Gasteiger partial charge in [0, 0.05) is 57.5 Å². The van der Waals surface area contributed by atoms with Crippen molar-refractivity contribution in [1.82, 2.24) is 14.7 Å². The molecular formula is C22H33N3O3. The van der Waals surface area contributed by atoms with Gasteiger partial charge in [0.1, 0.15) is 0 Å². The molecule has 1 aromatic carbocycles. The minimum Gasteiger partial charge on any atom is -0.339 e. The molecule has 0 aliphatic carbocycles. The summed E-state index contributed by atoms with van der Waals surface area (Å²) in [6.45, 7) is 9.29. The average Bonchev–Trinajstić information content (AvgIpc) is 2.74. The second-order valence-corrected chi connectivity index (χ2v) is 7.18. The Balaban J connectivity index is 1.66. The fourth-order valence-corrected chi connectivity index (χ4v) is 3.48. The number of ketones is 1. The second-order valence-electron chi connectivity index (χ2n) is 7.18. The predicted molar refractivity (Wildman–Crippen MR) is 110 cm³/mol. The Morgan fingerprint density at radius 1 is 0.821 bits per heavy atom. The van der Waals surface area contributed by atoms with Gasteiger partial charge in [-0.1, -0.05) is 44.2 Å². The van der Waals surface area contributed by atoms with E-state index in [-0.39, 0.29) is 17.6 Å². The van der Waals surface area contributed by atoms with E-state index in [1.54, 1.807) is 12.1 Å². The number of hydrogen-bond acceptors (Lipinski definition) is 4. The first-order valence-electron chi connectivity index (χ1n) is 10.4. The molecule has 28 heavy (non-hydrogen) atoms. The summed E-state index contributed by atoms with van der Waals surface area (Å²) in [4.78, 5) is 42.8. The van der Waals surface area contributed by atoms with E-state index in [0.29, 0.717) is 57.4 Å². The first-order chi connectivity index (χ1) is 13.5. The number of benzene rings is 1. The van der Waals surface area contributed by atoms with Crippen LogP contribution in [0.2, 0.25) is 0 Å². The average molecular weight is 388 g/mol. The van der Waals surface area contributed by atoms with Crippen molar-refractivity contribution in [3.05, 3.63) is 35.9 Å². The predicted octanol–water partition coefficient (Wildman–Crippen LogP) is 2.44. The molecule has 2 rings (SSSR count). The first-order valence-corrected chi connectivity index (χ1v) is 10.4. The number of piperazine rings is 1. The molecule has 1 aliphatic heterocycles. The third-order valence-electron chi connectivity index (χ3n) is 5.41. The molecule has 1 heterocycles. The topological polar surface area (TPSA) is 60.9 Å². The molecule has 0 bridgehead atoms. The first kappa shape index (κ1) is 22.1. The molecule has 1 aliphatic rings. The Labute approximate surface area is 168 Å². The van der Waals surface area contributed by atoms with Crippen LogP contribution >= 0.6 is 0 Å². The van der Waals surface area contributed by atoms with Crippen LogP contribution in [0.25, 0.3) is 0 Å². The van der Waals surface area contributed by atoms with Crippen LogP contribution in [-0.2, 0) is 9.59 Å². The largest absolute Gasteiger partial charge is 0.339 e. The van der Waals surface area contributed by atoms with Crippen molar-refractivity contribution in [2.24, 2.45) is 0 Å². The number of amides is 2. The minimum atomic E-state index is 0.0797. The van der Waals surface area contributed by atoms with Crippen molar-refractivity contribution < 1.29 is 14.4 Å². The normalized spacial score (nSPS) is 14.4. The summed E-state index contributed by atoms with van der Waals surface area (Å²) in [7, 11) is 0. The van der Waals surface area contributed by atoms with Crippen LogP contribution in [0, 0.1) is 0 Å². The smallest absolute Gasteiger partial charge is 0.223 e. The van der Waals surface area contributed by atoms with Crippen LogP contribution in [0.4, 0.5) is 0 Å². The van der Waals surface area contributed by atoms with Crippen LogP contribution < -0.4 is 0 Å². The lowest BCUT2D eigenvalue weighted by atomic mass is 10.1. The summed E-state index contributed by atoms with van der Waals surface area (Å²) in [5, 5.41) is 0. The molecule has 154 valence electrons. The highest BCUT2D eigenvalue weighted by Crippen LogP contribution is 2.10. The third-order valence-corrected chi connectivity index (χ3v) is 5.41. The molecule has 6 nitrogen and oxygen atoms in total. The minimum absolute atomic E-state index is 0.0797. The van der Waals surface area contributed by atoms with Crippen molar-refractivity contribution in [2.75, 3.05) is 45.8 Å². The number of nitrogens with zero attached hydrogens (tertiary/aromatic N) is 3. The molecule has 1 saturated heterocycles. The fraction of sp³-hybridized carbons (Fsp3) is 0.591. The zero-order valence-corrected chi connectivity index (χ0v) is 17.2. The van der Waals surface area contributed by atoms with Gasteiger partial charge >= 0.3 is 0 Å². The van der Waals surface area contributed by atoms with Gasteiger partial charge in [-0.3, -0.25) is 14.4 Å². The summed E-state index contributed by atoms with van der Waals surface area (Å²) >= 11 is 0. The zero-order valence-electron chi connectivity index (χ0n) is 17.2. The van der Waals surface area contributed by atoms with Gasteiger partial charge in [0.2, 0.25) is 11.8 Å². The van der Waals surface area contributed by atoms with Crippen LogP contribution in [0.3, 0.4) is 0 Å². The Morgan fingerprint density at radius 2 is 1.36 bits per heavy atom. The summed E-state index contributed by atoms with van der Waals surface area (Å²) < 4.78 is 0. The molecule has 0 unspecified atom stereocenters. The summed E-state index contributed by atoms with van der Waals surface area (Å²) in [6, 6.07) is 9.19. The summed E-state index contributed by atoms with van der Waals surface area (Å²) in [5.74, 6) is 0.334. The van der Waals surface area contributed by atoms with Gasteiger partial charge in [-0.25, -0.2) is 0 Å². The van der Waals surface area contributed by atoms with Crippen molar-refractivity contribution >= 4 is 17.6 Å². The van der Waals surface area contributed by atoms with E-state index < -0.39 is 0 Å². The highest BCUT2D eigenvalue weighted by atomic mass is 16.2. The molecule has 2 amide bonds. The van der Waals surface area contributed by atoms with Crippen LogP contribution in [0.5, 0.6) is 0 Å². The van der Waals surface area contributed by atoms with Gasteiger partial charge in [0.25, 0.3) is 0 Å². The Hall–Kier alpha value is -2.21. The van der Waals surface area contributed by atoms with Gasteiger partial charge in [-0.05, 0) is 19.5 Å². The molecule has 0 spiro atoms. The Kier molecular flexibility index (Phi) is 9.14. The maximum Gasteiger partial charge on any atom is 0.223 e. The highest BCUT2D eigenvalue weighted by Gasteiger charge is 2.24. The van der Waals surface area contributed by atoms with E-state index in [1.807, 2.05) is 28.0 Å². The molecule has 6 heteroatoms. The van der Waals surface area contributed by atoms with Crippen molar-refractivity contribution in [1.29, 1.82) is 0 Å². The van der Waals surface area contributed by atoms with E-state index in [9.17, 15) is 14.4 Å². The molecule has 0 N–H and O–H groups in total. The van der Waals surface area contributed by atoms with Crippen molar-refractivity contribution in [3.63, 3.8) is 0 Å². The molecule has 0 saturated carbocycles. The van der Waals surface area contributed by atoms with Gasteiger partial charge < -0.3 is 14.7 Å². The SMILES string of the molecule is CCN(CC)CCC(=O)N1CCN(C(=O)CCCC(=O)c2ccccc2)CC1. The number of Topliss-reactive ketones (excluding diaryl/α,β-unsaturated/α-hetero) is 1. The lowest BCUT2D eigenvalue weighted by Gasteiger charge is -2.35.